The van der Waals surface area contributed by atoms with Gasteiger partial charge < -0.3 is 15.7 Å². The first-order chi connectivity index (χ1) is 12.0. The molecule has 0 aliphatic rings. The highest BCUT2D eigenvalue weighted by molar-refractivity contribution is 5.90. The zero-order valence-electron chi connectivity index (χ0n) is 16.1. The summed E-state index contributed by atoms with van der Waals surface area (Å²) < 4.78 is 0. The molecule has 0 saturated carbocycles. The molecule has 0 aromatic heterocycles. The summed E-state index contributed by atoms with van der Waals surface area (Å²) in [7, 11) is 0. The minimum Gasteiger partial charge on any atom is -0.480 e. The summed E-state index contributed by atoms with van der Waals surface area (Å²) in [5.74, 6) is -2.70. The van der Waals surface area contributed by atoms with E-state index in [0.717, 1.165) is 0 Å². The minimum absolute atomic E-state index is 0.0825. The predicted molar refractivity (Wildman–Crippen MR) is 94.1 cm³/mol. The van der Waals surface area contributed by atoms with Gasteiger partial charge in [-0.15, -0.1) is 0 Å². The monoisotopic (exact) mass is 373 g/mol. The number of hydroxylamine groups is 2. The van der Waals surface area contributed by atoms with Crippen LogP contribution in [-0.4, -0.2) is 58.2 Å². The highest BCUT2D eigenvalue weighted by atomic mass is 16.5. The fraction of sp³-hybridized carbons (Fsp3) is 0.765. The van der Waals surface area contributed by atoms with Crippen molar-refractivity contribution >= 4 is 24.2 Å². The van der Waals surface area contributed by atoms with Gasteiger partial charge in [-0.3, -0.25) is 24.4 Å². The van der Waals surface area contributed by atoms with Crippen LogP contribution in [0.3, 0.4) is 0 Å². The average molecular weight is 373 g/mol. The van der Waals surface area contributed by atoms with Crippen molar-refractivity contribution in [3.8, 4) is 0 Å². The van der Waals surface area contributed by atoms with Crippen LogP contribution in [0.2, 0.25) is 0 Å². The Morgan fingerprint density at radius 1 is 0.962 bits per heavy atom. The number of aliphatic carboxylic acids is 1. The largest absolute Gasteiger partial charge is 0.480 e. The number of nitrogens with one attached hydrogen (secondary N) is 2. The Morgan fingerprint density at radius 3 is 1.92 bits per heavy atom. The lowest BCUT2D eigenvalue weighted by Gasteiger charge is -2.26. The lowest BCUT2D eigenvalue weighted by molar-refractivity contribution is -0.155. The zero-order valence-corrected chi connectivity index (χ0v) is 16.1. The predicted octanol–water partition coefficient (Wildman–Crippen LogP) is 0.617. The first kappa shape index (κ1) is 23.8. The molecule has 0 radical (unpaired) electrons. The van der Waals surface area contributed by atoms with Gasteiger partial charge in [0.05, 0.1) is 12.5 Å². The zero-order chi connectivity index (χ0) is 20.4. The Hall–Kier alpha value is -2.16. The number of hydrogen-bond donors (Lipinski definition) is 4. The standard InChI is InChI=1S/C17H31N3O6/c1-10(2)6-13(8-20(26)9-21)15(22)19-14(7-11(3)4)16(23)18-12(5)17(24)25/h9-14,26H,6-8H2,1-5H3,(H,18,23)(H,19,22)(H,24,25)/t12-,13?,14-/m0/s1. The van der Waals surface area contributed by atoms with Gasteiger partial charge in [-0.1, -0.05) is 27.7 Å². The number of nitrogens with zero attached hydrogens (tertiary/aromatic N) is 1. The van der Waals surface area contributed by atoms with Gasteiger partial charge in [0, 0.05) is 0 Å². The summed E-state index contributed by atoms with van der Waals surface area (Å²) in [4.78, 5) is 46.5. The molecule has 0 aliphatic carbocycles. The van der Waals surface area contributed by atoms with E-state index in [9.17, 15) is 24.4 Å². The Morgan fingerprint density at radius 2 is 1.50 bits per heavy atom. The van der Waals surface area contributed by atoms with E-state index >= 15 is 0 Å². The number of carboxylic acids is 1. The third-order valence-electron chi connectivity index (χ3n) is 3.73. The number of carbonyl (C=O) groups excluding carboxylic acids is 3. The molecule has 9 heteroatoms. The second-order valence-electron chi connectivity index (χ2n) is 7.31. The maximum Gasteiger partial charge on any atom is 0.325 e. The van der Waals surface area contributed by atoms with Gasteiger partial charge in [0.25, 0.3) is 0 Å². The molecule has 0 rings (SSSR count). The summed E-state index contributed by atoms with van der Waals surface area (Å²) in [6.07, 6.45) is 0.959. The van der Waals surface area contributed by atoms with E-state index in [1.165, 1.54) is 6.92 Å². The molecule has 26 heavy (non-hydrogen) atoms. The molecule has 4 N–H and O–H groups in total. The molecule has 9 nitrogen and oxygen atoms in total. The second-order valence-corrected chi connectivity index (χ2v) is 7.31. The third kappa shape index (κ3) is 9.36. The highest BCUT2D eigenvalue weighted by Crippen LogP contribution is 2.14. The van der Waals surface area contributed by atoms with Crippen LogP contribution >= 0.6 is 0 Å². The quantitative estimate of drug-likeness (QED) is 0.225. The van der Waals surface area contributed by atoms with Crippen LogP contribution in [0, 0.1) is 17.8 Å². The number of amides is 3. The Bertz CT molecular complexity index is 495. The maximum absolute atomic E-state index is 12.6. The van der Waals surface area contributed by atoms with Crippen molar-refractivity contribution in [3.63, 3.8) is 0 Å². The van der Waals surface area contributed by atoms with E-state index < -0.39 is 35.8 Å². The molecular formula is C17H31N3O6. The molecule has 0 spiro atoms. The number of rotatable bonds is 12. The molecule has 150 valence electrons. The number of carbonyl (C=O) groups is 4. The second kappa shape index (κ2) is 11.5. The van der Waals surface area contributed by atoms with Crippen LogP contribution in [-0.2, 0) is 19.2 Å². The van der Waals surface area contributed by atoms with Gasteiger partial charge in [-0.25, -0.2) is 5.06 Å². The molecule has 1 unspecified atom stereocenters. The lowest BCUT2D eigenvalue weighted by atomic mass is 9.95. The van der Waals surface area contributed by atoms with Gasteiger partial charge in [-0.05, 0) is 31.6 Å². The minimum atomic E-state index is -1.17. The first-order valence-electron chi connectivity index (χ1n) is 8.72. The van der Waals surface area contributed by atoms with Gasteiger partial charge in [0.2, 0.25) is 18.2 Å². The highest BCUT2D eigenvalue weighted by Gasteiger charge is 2.29. The van der Waals surface area contributed by atoms with Gasteiger partial charge in [-0.2, -0.15) is 0 Å². The van der Waals surface area contributed by atoms with Crippen molar-refractivity contribution < 1.29 is 29.5 Å². The molecule has 0 fully saturated rings. The fourth-order valence-corrected chi connectivity index (χ4v) is 2.47. The number of hydrogen-bond acceptors (Lipinski definition) is 5. The van der Waals surface area contributed by atoms with E-state index in [4.69, 9.17) is 5.11 Å². The van der Waals surface area contributed by atoms with Crippen molar-refractivity contribution in [2.24, 2.45) is 17.8 Å². The van der Waals surface area contributed by atoms with Crippen molar-refractivity contribution in [1.82, 2.24) is 15.7 Å². The van der Waals surface area contributed by atoms with Crippen LogP contribution in [0.25, 0.3) is 0 Å². The smallest absolute Gasteiger partial charge is 0.325 e. The third-order valence-corrected chi connectivity index (χ3v) is 3.73. The van der Waals surface area contributed by atoms with Gasteiger partial charge >= 0.3 is 5.97 Å². The van der Waals surface area contributed by atoms with E-state index in [2.05, 4.69) is 10.6 Å². The first-order valence-corrected chi connectivity index (χ1v) is 8.72. The van der Waals surface area contributed by atoms with Crippen LogP contribution in [0.1, 0.15) is 47.5 Å². The van der Waals surface area contributed by atoms with Gasteiger partial charge in [0.15, 0.2) is 0 Å². The summed E-state index contributed by atoms with van der Waals surface area (Å²) in [6.45, 7) is 8.70. The van der Waals surface area contributed by atoms with E-state index in [0.29, 0.717) is 17.9 Å². The SMILES string of the molecule is CC(C)CC(CN(O)C=O)C(=O)N[C@@H](CC(C)C)C(=O)N[C@@H](C)C(=O)O. The average Bonchev–Trinajstić information content (AvgIpc) is 2.52. The fourth-order valence-electron chi connectivity index (χ4n) is 2.47. The maximum atomic E-state index is 12.6. The van der Waals surface area contributed by atoms with Gasteiger partial charge in [0.1, 0.15) is 12.1 Å². The van der Waals surface area contributed by atoms with E-state index in [1.54, 1.807) is 0 Å². The van der Waals surface area contributed by atoms with Crippen molar-refractivity contribution in [2.75, 3.05) is 6.54 Å². The Balaban J connectivity index is 5.18. The topological polar surface area (TPSA) is 136 Å². The van der Waals surface area contributed by atoms with Crippen LogP contribution in [0.15, 0.2) is 0 Å². The molecule has 0 heterocycles. The van der Waals surface area contributed by atoms with Crippen LogP contribution in [0.4, 0.5) is 0 Å². The molecule has 0 aromatic rings. The Labute approximate surface area is 154 Å². The molecule has 0 bridgehead atoms. The summed E-state index contributed by atoms with van der Waals surface area (Å²) in [5, 5.41) is 23.7. The molecule has 0 saturated heterocycles. The lowest BCUT2D eigenvalue weighted by Crippen LogP contribution is -2.53. The van der Waals surface area contributed by atoms with E-state index in [-0.39, 0.29) is 24.8 Å². The number of carboxylic acid groups (broad SMARTS) is 1. The van der Waals surface area contributed by atoms with E-state index in [1.807, 2.05) is 27.7 Å². The summed E-state index contributed by atoms with van der Waals surface area (Å²) in [6, 6.07) is -1.98. The summed E-state index contributed by atoms with van der Waals surface area (Å²) in [5.41, 5.74) is 0. The summed E-state index contributed by atoms with van der Waals surface area (Å²) >= 11 is 0. The molecule has 0 aromatic carbocycles. The molecule has 3 atom stereocenters. The normalized spacial score (nSPS) is 14.5. The van der Waals surface area contributed by atoms with Crippen molar-refractivity contribution in [3.05, 3.63) is 0 Å². The van der Waals surface area contributed by atoms with Crippen molar-refractivity contribution in [2.45, 2.75) is 59.5 Å². The van der Waals surface area contributed by atoms with Crippen LogP contribution < -0.4 is 10.6 Å². The van der Waals surface area contributed by atoms with Crippen molar-refractivity contribution in [1.29, 1.82) is 0 Å². The molecule has 3 amide bonds. The van der Waals surface area contributed by atoms with Crippen LogP contribution in [0.5, 0.6) is 0 Å². The Kier molecular flexibility index (Phi) is 10.5. The molecular weight excluding hydrogens is 342 g/mol. The molecule has 0 aliphatic heterocycles.